The smallest absolute Gasteiger partial charge is 0.338 e. The van der Waals surface area contributed by atoms with Gasteiger partial charge in [-0.1, -0.05) is 15.9 Å². The van der Waals surface area contributed by atoms with E-state index in [1.54, 1.807) is 12.3 Å². The molecule has 1 aromatic heterocycles. The van der Waals surface area contributed by atoms with Crippen LogP contribution in [0.4, 0.5) is 0 Å². The molecule has 3 nitrogen and oxygen atoms in total. The fourth-order valence-corrected chi connectivity index (χ4v) is 1.61. The van der Waals surface area contributed by atoms with Crippen molar-refractivity contribution in [2.75, 3.05) is 7.11 Å². The van der Waals surface area contributed by atoms with Crippen LogP contribution >= 0.6 is 15.9 Å². The number of aromatic nitrogens is 1. The van der Waals surface area contributed by atoms with Crippen molar-refractivity contribution in [3.63, 3.8) is 0 Å². The Bertz CT molecular complexity index is 325. The van der Waals surface area contributed by atoms with Crippen LogP contribution in [0.3, 0.4) is 0 Å². The quantitative estimate of drug-likeness (QED) is 0.590. The number of pyridine rings is 1. The molecule has 0 aliphatic heterocycles. The van der Waals surface area contributed by atoms with E-state index >= 15 is 0 Å². The third-order valence-corrected chi connectivity index (χ3v) is 2.37. The number of halogens is 1. The van der Waals surface area contributed by atoms with Crippen molar-refractivity contribution in [2.45, 2.75) is 12.3 Å². The molecule has 1 rings (SSSR count). The lowest BCUT2D eigenvalue weighted by Gasteiger charge is -2.05. The molecule has 0 N–H and O–H groups in total. The fourth-order valence-electron chi connectivity index (χ4n) is 1.04. The molecule has 0 aliphatic carbocycles. The Morgan fingerprint density at radius 2 is 2.38 bits per heavy atom. The van der Waals surface area contributed by atoms with Crippen molar-refractivity contribution in [3.8, 4) is 0 Å². The Morgan fingerprint density at radius 1 is 1.69 bits per heavy atom. The maximum atomic E-state index is 11.2. The standard InChI is InChI=1S/C9H10BrNO2/c1-6-7(9(12)13-2)3-4-11-8(6)5-10/h3-4H,5H2,1-2H3. The largest absolute Gasteiger partial charge is 0.465 e. The molecule has 0 bridgehead atoms. The Balaban J connectivity index is 3.15. The van der Waals surface area contributed by atoms with E-state index in [-0.39, 0.29) is 5.97 Å². The molecule has 4 heteroatoms. The van der Waals surface area contributed by atoms with Crippen molar-refractivity contribution in [1.29, 1.82) is 0 Å². The monoisotopic (exact) mass is 243 g/mol. The zero-order chi connectivity index (χ0) is 9.84. The van der Waals surface area contributed by atoms with Crippen LogP contribution in [0.15, 0.2) is 12.3 Å². The molecule has 0 radical (unpaired) electrons. The minimum Gasteiger partial charge on any atom is -0.465 e. The summed E-state index contributed by atoms with van der Waals surface area (Å²) in [7, 11) is 1.37. The van der Waals surface area contributed by atoms with Gasteiger partial charge in [0.25, 0.3) is 0 Å². The first kappa shape index (κ1) is 10.2. The van der Waals surface area contributed by atoms with Gasteiger partial charge in [0.15, 0.2) is 0 Å². The molecule has 1 aromatic rings. The second-order valence-corrected chi connectivity index (χ2v) is 3.12. The molecule has 0 saturated heterocycles. The summed E-state index contributed by atoms with van der Waals surface area (Å²) >= 11 is 3.30. The highest BCUT2D eigenvalue weighted by atomic mass is 79.9. The average molecular weight is 244 g/mol. The average Bonchev–Trinajstić information content (AvgIpc) is 2.17. The van der Waals surface area contributed by atoms with E-state index in [1.807, 2.05) is 6.92 Å². The van der Waals surface area contributed by atoms with Crippen molar-refractivity contribution in [2.24, 2.45) is 0 Å². The number of hydrogen-bond acceptors (Lipinski definition) is 3. The molecule has 1 heterocycles. The molecule has 0 aliphatic rings. The molecule has 0 unspecified atom stereocenters. The minimum atomic E-state index is -0.317. The molecule has 0 aromatic carbocycles. The lowest BCUT2D eigenvalue weighted by atomic mass is 10.1. The summed E-state index contributed by atoms with van der Waals surface area (Å²) in [6.07, 6.45) is 1.61. The summed E-state index contributed by atoms with van der Waals surface area (Å²) in [6, 6.07) is 1.66. The zero-order valence-corrected chi connectivity index (χ0v) is 9.09. The van der Waals surface area contributed by atoms with Gasteiger partial charge in [-0.05, 0) is 18.6 Å². The summed E-state index contributed by atoms with van der Waals surface area (Å²) in [4.78, 5) is 15.4. The van der Waals surface area contributed by atoms with Gasteiger partial charge in [0.05, 0.1) is 18.4 Å². The number of alkyl halides is 1. The molecular weight excluding hydrogens is 234 g/mol. The van der Waals surface area contributed by atoms with Gasteiger partial charge in [0.1, 0.15) is 0 Å². The zero-order valence-electron chi connectivity index (χ0n) is 7.50. The van der Waals surface area contributed by atoms with Crippen molar-refractivity contribution < 1.29 is 9.53 Å². The third-order valence-electron chi connectivity index (χ3n) is 1.84. The van der Waals surface area contributed by atoms with Gasteiger partial charge in [0, 0.05) is 11.5 Å². The highest BCUT2D eigenvalue weighted by molar-refractivity contribution is 9.08. The number of nitrogens with zero attached hydrogens (tertiary/aromatic N) is 1. The molecule has 0 spiro atoms. The Hall–Kier alpha value is -0.900. The Kier molecular flexibility index (Phi) is 3.42. The molecule has 0 saturated carbocycles. The van der Waals surface area contributed by atoms with Crippen LogP contribution in [0.2, 0.25) is 0 Å². The number of rotatable bonds is 2. The first-order valence-electron chi connectivity index (χ1n) is 3.79. The predicted molar refractivity (Wildman–Crippen MR) is 52.9 cm³/mol. The van der Waals surface area contributed by atoms with Gasteiger partial charge in [-0.2, -0.15) is 0 Å². The number of carbonyl (C=O) groups excluding carboxylic acids is 1. The highest BCUT2D eigenvalue weighted by Crippen LogP contribution is 2.14. The minimum absolute atomic E-state index is 0.317. The van der Waals surface area contributed by atoms with Crippen molar-refractivity contribution >= 4 is 21.9 Å². The van der Waals surface area contributed by atoms with E-state index in [1.165, 1.54) is 7.11 Å². The number of carbonyl (C=O) groups is 1. The Morgan fingerprint density at radius 3 is 2.92 bits per heavy atom. The van der Waals surface area contributed by atoms with E-state index in [4.69, 9.17) is 0 Å². The van der Waals surface area contributed by atoms with Gasteiger partial charge >= 0.3 is 5.97 Å². The van der Waals surface area contributed by atoms with Crippen molar-refractivity contribution in [1.82, 2.24) is 4.98 Å². The summed E-state index contributed by atoms with van der Waals surface area (Å²) < 4.78 is 4.63. The molecule has 0 amide bonds. The Labute approximate surface area is 85.3 Å². The molecule has 13 heavy (non-hydrogen) atoms. The predicted octanol–water partition coefficient (Wildman–Crippen LogP) is 2.07. The second-order valence-electron chi connectivity index (χ2n) is 2.56. The van der Waals surface area contributed by atoms with Gasteiger partial charge in [-0.25, -0.2) is 4.79 Å². The summed E-state index contributed by atoms with van der Waals surface area (Å²) in [5.74, 6) is -0.317. The van der Waals surface area contributed by atoms with E-state index in [9.17, 15) is 4.79 Å². The third kappa shape index (κ3) is 2.06. The highest BCUT2D eigenvalue weighted by Gasteiger charge is 2.11. The van der Waals surface area contributed by atoms with E-state index in [0.29, 0.717) is 10.9 Å². The van der Waals surface area contributed by atoms with E-state index in [0.717, 1.165) is 11.3 Å². The van der Waals surface area contributed by atoms with Crippen molar-refractivity contribution in [3.05, 3.63) is 29.1 Å². The summed E-state index contributed by atoms with van der Waals surface area (Å²) in [6.45, 7) is 1.86. The molecule has 0 atom stereocenters. The lowest BCUT2D eigenvalue weighted by molar-refractivity contribution is 0.0599. The van der Waals surface area contributed by atoms with Crippen LogP contribution in [0.5, 0.6) is 0 Å². The van der Waals surface area contributed by atoms with Gasteiger partial charge in [0.2, 0.25) is 0 Å². The first-order valence-corrected chi connectivity index (χ1v) is 4.91. The van der Waals surface area contributed by atoms with E-state index in [2.05, 4.69) is 25.7 Å². The van der Waals surface area contributed by atoms with Gasteiger partial charge in [-0.15, -0.1) is 0 Å². The number of ether oxygens (including phenoxy) is 1. The maximum absolute atomic E-state index is 11.2. The second kappa shape index (κ2) is 4.37. The number of hydrogen-bond donors (Lipinski definition) is 0. The summed E-state index contributed by atoms with van der Waals surface area (Å²) in [5, 5.41) is 0.643. The van der Waals surface area contributed by atoms with Crippen LogP contribution in [-0.4, -0.2) is 18.1 Å². The summed E-state index contributed by atoms with van der Waals surface area (Å²) in [5.41, 5.74) is 2.31. The van der Waals surface area contributed by atoms with Crippen LogP contribution < -0.4 is 0 Å². The topological polar surface area (TPSA) is 39.2 Å². The molecular formula is C9H10BrNO2. The van der Waals surface area contributed by atoms with Crippen LogP contribution in [-0.2, 0) is 10.1 Å². The van der Waals surface area contributed by atoms with Crippen LogP contribution in [0, 0.1) is 6.92 Å². The fraction of sp³-hybridized carbons (Fsp3) is 0.333. The van der Waals surface area contributed by atoms with E-state index < -0.39 is 0 Å². The number of esters is 1. The number of methoxy groups -OCH3 is 1. The van der Waals surface area contributed by atoms with Crippen LogP contribution in [0.1, 0.15) is 21.6 Å². The molecule has 0 fully saturated rings. The maximum Gasteiger partial charge on any atom is 0.338 e. The van der Waals surface area contributed by atoms with Crippen LogP contribution in [0.25, 0.3) is 0 Å². The SMILES string of the molecule is COC(=O)c1ccnc(CBr)c1C. The van der Waals surface area contributed by atoms with Gasteiger partial charge in [-0.3, -0.25) is 4.98 Å². The normalized spacial score (nSPS) is 9.77. The lowest BCUT2D eigenvalue weighted by Crippen LogP contribution is -2.06. The molecule has 70 valence electrons. The van der Waals surface area contributed by atoms with Gasteiger partial charge < -0.3 is 4.74 Å². The first-order chi connectivity index (χ1) is 6.20.